The predicted molar refractivity (Wildman–Crippen MR) is 71.4 cm³/mol. The van der Waals surface area contributed by atoms with E-state index >= 15 is 0 Å². The molecular weight excluding hydrogens is 283 g/mol. The maximum absolute atomic E-state index is 13.4. The van der Waals surface area contributed by atoms with Crippen molar-refractivity contribution in [3.63, 3.8) is 0 Å². The number of carbonyl (C=O) groups is 2. The number of aliphatic carboxylic acids is 1. The molecule has 0 saturated heterocycles. The minimum atomic E-state index is -1.19. The first-order chi connectivity index (χ1) is 9.77. The summed E-state index contributed by atoms with van der Waals surface area (Å²) in [6.07, 6.45) is 0.534. The van der Waals surface area contributed by atoms with Gasteiger partial charge in [0.1, 0.15) is 6.04 Å². The fraction of sp³-hybridized carbons (Fsp3) is 0.385. The number of carbonyl (C=O) groups excluding carboxylic acids is 1. The first-order valence-electron chi connectivity index (χ1n) is 6.25. The molecule has 0 spiro atoms. The average Bonchev–Trinajstić information content (AvgIpc) is 2.42. The quantitative estimate of drug-likeness (QED) is 0.616. The molecule has 1 aromatic carbocycles. The molecule has 8 heteroatoms. The van der Waals surface area contributed by atoms with E-state index in [9.17, 15) is 24.1 Å². The third-order valence-electron chi connectivity index (χ3n) is 3.17. The van der Waals surface area contributed by atoms with Crippen LogP contribution in [0.15, 0.2) is 18.2 Å². The van der Waals surface area contributed by atoms with Crippen molar-refractivity contribution >= 4 is 17.6 Å². The number of hydrogen-bond acceptors (Lipinski definition) is 4. The highest BCUT2D eigenvalue weighted by Gasteiger charge is 2.26. The monoisotopic (exact) mass is 298 g/mol. The van der Waals surface area contributed by atoms with Gasteiger partial charge in [-0.05, 0) is 18.1 Å². The number of nitrogens with one attached hydrogen (secondary N) is 1. The second-order valence-corrected chi connectivity index (χ2v) is 4.60. The van der Waals surface area contributed by atoms with E-state index in [-0.39, 0.29) is 11.5 Å². The molecule has 0 aliphatic carbocycles. The molecule has 2 atom stereocenters. The van der Waals surface area contributed by atoms with Gasteiger partial charge in [-0.1, -0.05) is 20.3 Å². The summed E-state index contributed by atoms with van der Waals surface area (Å²) in [4.78, 5) is 32.6. The molecule has 7 nitrogen and oxygen atoms in total. The summed E-state index contributed by atoms with van der Waals surface area (Å²) in [5, 5.41) is 21.8. The third kappa shape index (κ3) is 3.98. The fourth-order valence-corrected chi connectivity index (χ4v) is 1.70. The van der Waals surface area contributed by atoms with Gasteiger partial charge in [-0.3, -0.25) is 14.9 Å². The van der Waals surface area contributed by atoms with E-state index in [0.717, 1.165) is 12.1 Å². The van der Waals surface area contributed by atoms with Gasteiger partial charge in [0, 0.05) is 11.6 Å². The van der Waals surface area contributed by atoms with Crippen LogP contribution in [0.4, 0.5) is 10.1 Å². The maximum Gasteiger partial charge on any atom is 0.326 e. The molecule has 2 N–H and O–H groups in total. The summed E-state index contributed by atoms with van der Waals surface area (Å²) in [5.41, 5.74) is -0.920. The number of benzene rings is 1. The zero-order valence-electron chi connectivity index (χ0n) is 11.5. The number of carboxylic acid groups (broad SMARTS) is 1. The van der Waals surface area contributed by atoms with Gasteiger partial charge in [0.2, 0.25) is 5.82 Å². The summed E-state index contributed by atoms with van der Waals surface area (Å²) in [6, 6.07) is 1.54. The van der Waals surface area contributed by atoms with Crippen molar-refractivity contribution in [2.75, 3.05) is 0 Å². The lowest BCUT2D eigenvalue weighted by molar-refractivity contribution is -0.387. The second kappa shape index (κ2) is 6.78. The van der Waals surface area contributed by atoms with Crippen LogP contribution in [0.3, 0.4) is 0 Å². The van der Waals surface area contributed by atoms with Crippen molar-refractivity contribution in [1.29, 1.82) is 0 Å². The topological polar surface area (TPSA) is 110 Å². The number of nitrogens with zero attached hydrogens (tertiary/aromatic N) is 1. The molecular formula is C13H15FN2O5. The summed E-state index contributed by atoms with van der Waals surface area (Å²) < 4.78 is 13.4. The van der Waals surface area contributed by atoms with E-state index in [0.29, 0.717) is 12.5 Å². The number of nitro benzene ring substituents is 1. The van der Waals surface area contributed by atoms with Gasteiger partial charge < -0.3 is 10.4 Å². The second-order valence-electron chi connectivity index (χ2n) is 4.60. The molecule has 0 bridgehead atoms. The molecule has 1 rings (SSSR count). The Labute approximate surface area is 119 Å². The average molecular weight is 298 g/mol. The zero-order valence-corrected chi connectivity index (χ0v) is 11.5. The lowest BCUT2D eigenvalue weighted by Crippen LogP contribution is -2.45. The number of halogens is 1. The Morgan fingerprint density at radius 2 is 2.10 bits per heavy atom. The van der Waals surface area contributed by atoms with E-state index in [4.69, 9.17) is 5.11 Å². The lowest BCUT2D eigenvalue weighted by Gasteiger charge is -2.20. The van der Waals surface area contributed by atoms with E-state index < -0.39 is 34.3 Å². The van der Waals surface area contributed by atoms with E-state index in [1.165, 1.54) is 0 Å². The Balaban J connectivity index is 2.96. The van der Waals surface area contributed by atoms with Crippen molar-refractivity contribution in [2.45, 2.75) is 26.3 Å². The lowest BCUT2D eigenvalue weighted by atomic mass is 9.99. The van der Waals surface area contributed by atoms with E-state index in [1.807, 2.05) is 0 Å². The van der Waals surface area contributed by atoms with Crippen molar-refractivity contribution in [2.24, 2.45) is 5.92 Å². The van der Waals surface area contributed by atoms with Crippen LogP contribution in [0.25, 0.3) is 0 Å². The van der Waals surface area contributed by atoms with Gasteiger partial charge in [0.25, 0.3) is 5.91 Å². The normalized spacial score (nSPS) is 13.3. The molecule has 0 radical (unpaired) electrons. The SMILES string of the molecule is CCC(C)[C@H](NC(=O)c1ccc([N+](=O)[O-])c(F)c1)C(=O)O. The molecule has 21 heavy (non-hydrogen) atoms. The predicted octanol–water partition coefficient (Wildman–Crippen LogP) is 1.96. The number of carboxylic acids is 1. The van der Waals surface area contributed by atoms with Gasteiger partial charge in [0.05, 0.1) is 4.92 Å². The number of nitro groups is 1. The zero-order chi connectivity index (χ0) is 16.2. The minimum absolute atomic E-state index is 0.173. The van der Waals surface area contributed by atoms with Crippen LogP contribution in [-0.4, -0.2) is 27.9 Å². The summed E-state index contributed by atoms with van der Waals surface area (Å²) in [7, 11) is 0. The molecule has 0 aliphatic rings. The van der Waals surface area contributed by atoms with Crippen LogP contribution >= 0.6 is 0 Å². The highest BCUT2D eigenvalue weighted by Crippen LogP contribution is 2.18. The Morgan fingerprint density at radius 1 is 1.48 bits per heavy atom. The van der Waals surface area contributed by atoms with Crippen molar-refractivity contribution in [3.05, 3.63) is 39.7 Å². The highest BCUT2D eigenvalue weighted by molar-refractivity contribution is 5.96. The fourth-order valence-electron chi connectivity index (χ4n) is 1.70. The summed E-state index contributed by atoms with van der Waals surface area (Å²) in [5.74, 6) is -3.45. The molecule has 0 aliphatic heterocycles. The Morgan fingerprint density at radius 3 is 2.52 bits per heavy atom. The molecule has 0 aromatic heterocycles. The van der Waals surface area contributed by atoms with Crippen molar-refractivity contribution in [3.8, 4) is 0 Å². The summed E-state index contributed by atoms with van der Waals surface area (Å²) >= 11 is 0. The van der Waals surface area contributed by atoms with Gasteiger partial charge in [-0.25, -0.2) is 4.79 Å². The Bertz CT molecular complexity index is 576. The minimum Gasteiger partial charge on any atom is -0.480 e. The van der Waals surface area contributed by atoms with Crippen LogP contribution in [0.2, 0.25) is 0 Å². The maximum atomic E-state index is 13.4. The van der Waals surface area contributed by atoms with Crippen molar-refractivity contribution in [1.82, 2.24) is 5.32 Å². The Hall–Kier alpha value is -2.51. The van der Waals surface area contributed by atoms with Gasteiger partial charge in [0.15, 0.2) is 0 Å². The third-order valence-corrected chi connectivity index (χ3v) is 3.17. The molecule has 0 fully saturated rings. The number of hydrogen-bond donors (Lipinski definition) is 2. The largest absolute Gasteiger partial charge is 0.480 e. The van der Waals surface area contributed by atoms with Crippen LogP contribution < -0.4 is 5.32 Å². The van der Waals surface area contributed by atoms with Gasteiger partial charge in [-0.15, -0.1) is 0 Å². The van der Waals surface area contributed by atoms with Crippen LogP contribution in [0.1, 0.15) is 30.6 Å². The molecule has 0 saturated carbocycles. The molecule has 114 valence electrons. The first-order valence-corrected chi connectivity index (χ1v) is 6.25. The van der Waals surface area contributed by atoms with Crippen LogP contribution in [0.5, 0.6) is 0 Å². The van der Waals surface area contributed by atoms with Gasteiger partial charge in [-0.2, -0.15) is 4.39 Å². The molecule has 1 amide bonds. The highest BCUT2D eigenvalue weighted by atomic mass is 19.1. The number of rotatable bonds is 6. The molecule has 1 aromatic rings. The first kappa shape index (κ1) is 16.5. The summed E-state index contributed by atoms with van der Waals surface area (Å²) in [6.45, 7) is 3.44. The molecule has 1 unspecified atom stereocenters. The van der Waals surface area contributed by atoms with E-state index in [1.54, 1.807) is 13.8 Å². The van der Waals surface area contributed by atoms with Crippen molar-refractivity contribution < 1.29 is 24.0 Å². The standard InChI is InChI=1S/C13H15FN2O5/c1-3-7(2)11(13(18)19)15-12(17)8-4-5-10(16(20)21)9(14)6-8/h4-7,11H,3H2,1-2H3,(H,15,17)(H,18,19)/t7?,11-/m0/s1. The smallest absolute Gasteiger partial charge is 0.326 e. The van der Waals surface area contributed by atoms with Gasteiger partial charge >= 0.3 is 11.7 Å². The number of amides is 1. The molecule has 0 heterocycles. The van der Waals surface area contributed by atoms with E-state index in [2.05, 4.69) is 5.32 Å². The Kier molecular flexibility index (Phi) is 5.34. The van der Waals surface area contributed by atoms with Crippen LogP contribution in [-0.2, 0) is 4.79 Å². The van der Waals surface area contributed by atoms with Crippen LogP contribution in [0, 0.1) is 21.8 Å².